The summed E-state index contributed by atoms with van der Waals surface area (Å²) in [7, 11) is -1.51. The SMILES string of the molecule is Cc1cc(S2(C)c3ccccc3Oc3ccccc32)cc(C)c1OCC(O)OC(C)(C)C. The van der Waals surface area contributed by atoms with E-state index in [9.17, 15) is 5.11 Å². The van der Waals surface area contributed by atoms with E-state index < -0.39 is 21.9 Å². The number of ether oxygens (including phenoxy) is 3. The van der Waals surface area contributed by atoms with E-state index >= 15 is 0 Å². The Labute approximate surface area is 192 Å². The van der Waals surface area contributed by atoms with Crippen molar-refractivity contribution in [1.29, 1.82) is 0 Å². The molecule has 0 saturated heterocycles. The summed E-state index contributed by atoms with van der Waals surface area (Å²) in [5.41, 5.74) is 1.65. The van der Waals surface area contributed by atoms with Crippen LogP contribution in [0, 0.1) is 13.8 Å². The Kier molecular flexibility index (Phi) is 6.01. The molecule has 0 spiro atoms. The molecule has 4 nitrogen and oxygen atoms in total. The molecule has 1 aliphatic heterocycles. The number of rotatable bonds is 5. The molecule has 4 rings (SSSR count). The second-order valence-electron chi connectivity index (χ2n) is 9.30. The lowest BCUT2D eigenvalue weighted by Crippen LogP contribution is -2.31. The summed E-state index contributed by atoms with van der Waals surface area (Å²) in [6.45, 7) is 9.94. The first-order valence-electron chi connectivity index (χ1n) is 10.8. The van der Waals surface area contributed by atoms with Gasteiger partial charge in [0, 0.05) is 9.79 Å². The molecule has 0 amide bonds. The van der Waals surface area contributed by atoms with Crippen LogP contribution in [0.5, 0.6) is 17.2 Å². The molecule has 1 unspecified atom stereocenters. The van der Waals surface area contributed by atoms with Crippen molar-refractivity contribution in [3.8, 4) is 17.2 Å². The maximum atomic E-state index is 10.2. The van der Waals surface area contributed by atoms with Crippen LogP contribution in [0.2, 0.25) is 0 Å². The summed E-state index contributed by atoms with van der Waals surface area (Å²) in [5.74, 6) is 2.63. The molecule has 3 aromatic rings. The van der Waals surface area contributed by atoms with E-state index in [0.717, 1.165) is 28.4 Å². The van der Waals surface area contributed by atoms with Crippen LogP contribution < -0.4 is 9.47 Å². The predicted molar refractivity (Wildman–Crippen MR) is 130 cm³/mol. The second-order valence-corrected chi connectivity index (χ2v) is 12.5. The highest BCUT2D eigenvalue weighted by Gasteiger charge is 2.35. The molecular formula is C27H32O4S. The van der Waals surface area contributed by atoms with Crippen molar-refractivity contribution >= 4 is 10.0 Å². The number of aliphatic hydroxyl groups is 1. The lowest BCUT2D eigenvalue weighted by molar-refractivity contribution is -0.178. The molecule has 1 N–H and O–H groups in total. The van der Waals surface area contributed by atoms with Gasteiger partial charge in [-0.3, -0.25) is 0 Å². The average Bonchev–Trinajstić information content (AvgIpc) is 2.72. The number of benzene rings is 3. The Balaban J connectivity index is 1.72. The minimum Gasteiger partial charge on any atom is -0.488 e. The maximum absolute atomic E-state index is 10.2. The fraction of sp³-hybridized carbons (Fsp3) is 0.333. The molecule has 5 heteroatoms. The Hall–Kier alpha value is -2.47. The minimum atomic E-state index is -1.51. The zero-order valence-corrected chi connectivity index (χ0v) is 20.5. The van der Waals surface area contributed by atoms with Crippen LogP contribution in [0.1, 0.15) is 31.9 Å². The van der Waals surface area contributed by atoms with Gasteiger partial charge in [-0.1, -0.05) is 24.3 Å². The van der Waals surface area contributed by atoms with Gasteiger partial charge >= 0.3 is 0 Å². The van der Waals surface area contributed by atoms with Crippen LogP contribution in [0.4, 0.5) is 0 Å². The van der Waals surface area contributed by atoms with Gasteiger partial charge in [-0.15, -0.1) is 0 Å². The summed E-state index contributed by atoms with van der Waals surface area (Å²) >= 11 is 0. The van der Waals surface area contributed by atoms with E-state index in [0.29, 0.717) is 0 Å². The van der Waals surface area contributed by atoms with Gasteiger partial charge in [0.2, 0.25) is 0 Å². The van der Waals surface area contributed by atoms with Gasteiger partial charge in [-0.25, -0.2) is 0 Å². The fourth-order valence-corrected chi connectivity index (χ4v) is 7.50. The van der Waals surface area contributed by atoms with Crippen molar-refractivity contribution in [2.24, 2.45) is 0 Å². The fourth-order valence-electron chi connectivity index (χ4n) is 4.21. The van der Waals surface area contributed by atoms with E-state index in [1.54, 1.807) is 0 Å². The molecular weight excluding hydrogens is 420 g/mol. The normalized spacial score (nSPS) is 16.3. The predicted octanol–water partition coefficient (Wildman–Crippen LogP) is 6.83. The lowest BCUT2D eigenvalue weighted by Gasteiger charge is -2.42. The van der Waals surface area contributed by atoms with E-state index in [1.165, 1.54) is 14.7 Å². The Morgan fingerprint density at radius 1 is 0.906 bits per heavy atom. The molecule has 0 aliphatic carbocycles. The molecule has 0 aromatic heterocycles. The minimum absolute atomic E-state index is 0.0852. The molecule has 0 radical (unpaired) electrons. The number of fused-ring (bicyclic) bond motifs is 2. The summed E-state index contributed by atoms with van der Waals surface area (Å²) in [4.78, 5) is 3.70. The van der Waals surface area contributed by atoms with Gasteiger partial charge in [-0.05, 0) is 93.3 Å². The second kappa shape index (κ2) is 8.47. The summed E-state index contributed by atoms with van der Waals surface area (Å²) in [5, 5.41) is 10.2. The van der Waals surface area contributed by atoms with Crippen molar-refractivity contribution in [3.63, 3.8) is 0 Å². The molecule has 1 heterocycles. The highest BCUT2D eigenvalue weighted by Crippen LogP contribution is 2.72. The largest absolute Gasteiger partial charge is 0.488 e. The van der Waals surface area contributed by atoms with E-state index in [-0.39, 0.29) is 6.61 Å². The molecule has 1 aliphatic rings. The molecule has 0 bridgehead atoms. The molecule has 170 valence electrons. The average molecular weight is 453 g/mol. The zero-order valence-electron chi connectivity index (χ0n) is 19.6. The first-order chi connectivity index (χ1) is 15.1. The maximum Gasteiger partial charge on any atom is 0.189 e. The van der Waals surface area contributed by atoms with Gasteiger partial charge in [0.15, 0.2) is 6.29 Å². The molecule has 32 heavy (non-hydrogen) atoms. The van der Waals surface area contributed by atoms with Gasteiger partial charge in [0.1, 0.15) is 23.9 Å². The lowest BCUT2D eigenvalue weighted by atomic mass is 10.1. The third kappa shape index (κ3) is 4.25. The van der Waals surface area contributed by atoms with Crippen molar-refractivity contribution < 1.29 is 19.3 Å². The van der Waals surface area contributed by atoms with Gasteiger partial charge in [0.25, 0.3) is 0 Å². The standard InChI is InChI=1S/C27H32O4S/c1-18-15-20(16-19(2)26(18)29-17-25(28)31-27(3,4)5)32(6)23-13-9-7-11-21(23)30-22-12-8-10-14-24(22)32/h7-16,25,28H,17H2,1-6H3. The van der Waals surface area contributed by atoms with E-state index in [4.69, 9.17) is 14.2 Å². The van der Waals surface area contributed by atoms with Crippen LogP contribution in [-0.2, 0) is 4.74 Å². The molecule has 3 aromatic carbocycles. The van der Waals surface area contributed by atoms with Crippen LogP contribution in [0.15, 0.2) is 75.4 Å². The Morgan fingerprint density at radius 3 is 1.91 bits per heavy atom. The number of aryl methyl sites for hydroxylation is 2. The van der Waals surface area contributed by atoms with Crippen LogP contribution >= 0.6 is 10.0 Å². The third-order valence-corrected chi connectivity index (χ3v) is 9.18. The molecule has 0 saturated carbocycles. The van der Waals surface area contributed by atoms with Crippen molar-refractivity contribution in [1.82, 2.24) is 0 Å². The Bertz CT molecular complexity index is 1060. The summed E-state index contributed by atoms with van der Waals surface area (Å²) < 4.78 is 17.8. The van der Waals surface area contributed by atoms with E-state index in [2.05, 4.69) is 56.5 Å². The number of para-hydroxylation sites is 2. The van der Waals surface area contributed by atoms with Crippen LogP contribution in [0.3, 0.4) is 0 Å². The zero-order chi connectivity index (χ0) is 23.1. The van der Waals surface area contributed by atoms with E-state index in [1.807, 2.05) is 45.0 Å². The first-order valence-corrected chi connectivity index (χ1v) is 12.9. The topological polar surface area (TPSA) is 47.9 Å². The van der Waals surface area contributed by atoms with Crippen LogP contribution in [-0.4, -0.2) is 29.9 Å². The summed E-state index contributed by atoms with van der Waals surface area (Å²) in [6.07, 6.45) is 1.36. The quantitative estimate of drug-likeness (QED) is 0.431. The first kappa shape index (κ1) is 22.7. The Morgan fingerprint density at radius 2 is 1.41 bits per heavy atom. The number of aliphatic hydroxyl groups excluding tert-OH is 1. The highest BCUT2D eigenvalue weighted by atomic mass is 32.3. The monoisotopic (exact) mass is 452 g/mol. The smallest absolute Gasteiger partial charge is 0.189 e. The molecule has 0 fully saturated rings. The van der Waals surface area contributed by atoms with Crippen LogP contribution in [0.25, 0.3) is 0 Å². The van der Waals surface area contributed by atoms with Gasteiger partial charge in [0.05, 0.1) is 5.60 Å². The number of hydrogen-bond donors (Lipinski definition) is 1. The van der Waals surface area contributed by atoms with Gasteiger partial charge < -0.3 is 19.3 Å². The summed E-state index contributed by atoms with van der Waals surface area (Å²) in [6, 6.07) is 21.1. The highest BCUT2D eigenvalue weighted by molar-refractivity contribution is 8.33. The third-order valence-electron chi connectivity index (χ3n) is 5.56. The van der Waals surface area contributed by atoms with Crippen molar-refractivity contribution in [2.45, 2.75) is 61.2 Å². The van der Waals surface area contributed by atoms with Crippen molar-refractivity contribution in [2.75, 3.05) is 12.9 Å². The van der Waals surface area contributed by atoms with Gasteiger partial charge in [-0.2, -0.15) is 10.0 Å². The molecule has 1 atom stereocenters. The van der Waals surface area contributed by atoms with Crippen molar-refractivity contribution in [3.05, 3.63) is 71.8 Å². The number of hydrogen-bond acceptors (Lipinski definition) is 4.